The van der Waals surface area contributed by atoms with Gasteiger partial charge in [-0.15, -0.1) is 0 Å². The molecule has 1 aliphatic rings. The predicted octanol–water partition coefficient (Wildman–Crippen LogP) is 1.86. The Kier molecular flexibility index (Phi) is 4.27. The quantitative estimate of drug-likeness (QED) is 0.781. The topological polar surface area (TPSA) is 91.8 Å². The van der Waals surface area contributed by atoms with Crippen LogP contribution in [0.25, 0.3) is 11.3 Å². The molecule has 1 fully saturated rings. The Bertz CT molecular complexity index is 972. The fourth-order valence-electron chi connectivity index (χ4n) is 3.15. The number of carbonyl (C=O) groups excluding carboxylic acids is 1. The van der Waals surface area contributed by atoms with Gasteiger partial charge in [0.15, 0.2) is 0 Å². The number of hydrogen-bond acceptors (Lipinski definition) is 5. The number of pyridine rings is 2. The number of aromatic nitrogens is 4. The summed E-state index contributed by atoms with van der Waals surface area (Å²) in [5, 5.41) is 0. The van der Waals surface area contributed by atoms with Crippen molar-refractivity contribution in [2.45, 2.75) is 12.3 Å². The van der Waals surface area contributed by atoms with Crippen LogP contribution in [-0.2, 0) is 0 Å². The molecule has 3 aromatic heterocycles. The molecule has 130 valence electrons. The number of aromatic amines is 1. The number of nitrogens with one attached hydrogen (secondary N) is 1. The third-order valence-corrected chi connectivity index (χ3v) is 4.46. The molecule has 1 amide bonds. The molecule has 3 aromatic rings. The first-order valence-corrected chi connectivity index (χ1v) is 8.42. The van der Waals surface area contributed by atoms with Crippen LogP contribution in [0.4, 0.5) is 0 Å². The minimum absolute atomic E-state index is 0.00742. The van der Waals surface area contributed by atoms with Crippen molar-refractivity contribution in [2.75, 3.05) is 13.1 Å². The Morgan fingerprint density at radius 3 is 2.88 bits per heavy atom. The summed E-state index contributed by atoms with van der Waals surface area (Å²) in [6, 6.07) is 10.4. The van der Waals surface area contributed by atoms with Gasteiger partial charge in [-0.1, -0.05) is 6.07 Å². The highest BCUT2D eigenvalue weighted by Crippen LogP contribution is 2.26. The Balaban J connectivity index is 1.57. The van der Waals surface area contributed by atoms with Gasteiger partial charge in [-0.2, -0.15) is 0 Å². The molecule has 1 N–H and O–H groups in total. The van der Waals surface area contributed by atoms with Gasteiger partial charge >= 0.3 is 0 Å². The standard InChI is InChI=1S/C19H17N5O2/c25-17-10-16(13-4-3-7-20-11-13)22-18(23-17)14-6-9-24(12-14)19(26)15-5-1-2-8-21-15/h1-5,7-8,10-11,14H,6,9,12H2,(H,22,23,25). The second kappa shape index (κ2) is 6.87. The predicted molar refractivity (Wildman–Crippen MR) is 95.6 cm³/mol. The molecular weight excluding hydrogens is 330 g/mol. The van der Waals surface area contributed by atoms with Gasteiger partial charge in [-0.3, -0.25) is 19.6 Å². The van der Waals surface area contributed by atoms with Crippen LogP contribution in [0.15, 0.2) is 59.8 Å². The van der Waals surface area contributed by atoms with Crippen molar-refractivity contribution in [3.8, 4) is 11.3 Å². The fourth-order valence-corrected chi connectivity index (χ4v) is 3.15. The summed E-state index contributed by atoms with van der Waals surface area (Å²) in [5.41, 5.74) is 1.60. The van der Waals surface area contributed by atoms with Crippen LogP contribution in [0.3, 0.4) is 0 Å². The van der Waals surface area contributed by atoms with Crippen molar-refractivity contribution in [1.82, 2.24) is 24.8 Å². The first-order valence-electron chi connectivity index (χ1n) is 8.42. The Labute approximate surface area is 149 Å². The highest BCUT2D eigenvalue weighted by atomic mass is 16.2. The van der Waals surface area contributed by atoms with E-state index >= 15 is 0 Å². The highest BCUT2D eigenvalue weighted by molar-refractivity contribution is 5.92. The Hall–Kier alpha value is -3.35. The molecule has 4 rings (SSSR count). The third-order valence-electron chi connectivity index (χ3n) is 4.46. The largest absolute Gasteiger partial charge is 0.337 e. The second-order valence-electron chi connectivity index (χ2n) is 6.21. The SMILES string of the molecule is O=C(c1ccccn1)N1CCC(c2nc(-c3cccnc3)cc(=O)[nH]2)C1. The molecular formula is C19H17N5O2. The van der Waals surface area contributed by atoms with Crippen molar-refractivity contribution in [3.63, 3.8) is 0 Å². The number of rotatable bonds is 3. The smallest absolute Gasteiger partial charge is 0.272 e. The van der Waals surface area contributed by atoms with E-state index in [0.29, 0.717) is 30.3 Å². The van der Waals surface area contributed by atoms with Gasteiger partial charge in [0.05, 0.1) is 5.69 Å². The van der Waals surface area contributed by atoms with Gasteiger partial charge < -0.3 is 9.88 Å². The summed E-state index contributed by atoms with van der Waals surface area (Å²) >= 11 is 0. The van der Waals surface area contributed by atoms with Crippen molar-refractivity contribution >= 4 is 5.91 Å². The lowest BCUT2D eigenvalue weighted by Crippen LogP contribution is -2.29. The number of carbonyl (C=O) groups is 1. The number of H-pyrrole nitrogens is 1. The lowest BCUT2D eigenvalue weighted by molar-refractivity contribution is 0.0784. The van der Waals surface area contributed by atoms with E-state index in [-0.39, 0.29) is 17.4 Å². The first-order chi connectivity index (χ1) is 12.7. The van der Waals surface area contributed by atoms with Gasteiger partial charge in [-0.25, -0.2) is 4.98 Å². The number of hydrogen-bond donors (Lipinski definition) is 1. The zero-order chi connectivity index (χ0) is 17.9. The van der Waals surface area contributed by atoms with E-state index in [1.807, 2.05) is 6.07 Å². The number of amides is 1. The molecule has 0 saturated carbocycles. The van der Waals surface area contributed by atoms with E-state index in [1.54, 1.807) is 47.8 Å². The average molecular weight is 347 g/mol. The third kappa shape index (κ3) is 3.23. The molecule has 0 radical (unpaired) electrons. The zero-order valence-corrected chi connectivity index (χ0v) is 14.0. The molecule has 1 aliphatic heterocycles. The van der Waals surface area contributed by atoms with Crippen molar-refractivity contribution in [2.24, 2.45) is 0 Å². The summed E-state index contributed by atoms with van der Waals surface area (Å²) in [7, 11) is 0. The molecule has 7 heteroatoms. The molecule has 26 heavy (non-hydrogen) atoms. The maximum absolute atomic E-state index is 12.5. The first kappa shape index (κ1) is 16.1. The Morgan fingerprint density at radius 2 is 2.12 bits per heavy atom. The van der Waals surface area contributed by atoms with Crippen molar-refractivity contribution in [3.05, 3.63) is 76.9 Å². The van der Waals surface area contributed by atoms with Crippen LogP contribution in [-0.4, -0.2) is 43.8 Å². The fraction of sp³-hybridized carbons (Fsp3) is 0.211. The van der Waals surface area contributed by atoms with E-state index in [4.69, 9.17) is 0 Å². The number of likely N-dealkylation sites (tertiary alicyclic amines) is 1. The molecule has 1 unspecified atom stereocenters. The van der Waals surface area contributed by atoms with Crippen molar-refractivity contribution in [1.29, 1.82) is 0 Å². The molecule has 0 aromatic carbocycles. The maximum Gasteiger partial charge on any atom is 0.272 e. The van der Waals surface area contributed by atoms with E-state index in [1.165, 1.54) is 6.07 Å². The molecule has 1 atom stereocenters. The summed E-state index contributed by atoms with van der Waals surface area (Å²) in [6.45, 7) is 1.12. The summed E-state index contributed by atoms with van der Waals surface area (Å²) in [5.74, 6) is 0.499. The van der Waals surface area contributed by atoms with Crippen LogP contribution in [0.2, 0.25) is 0 Å². The lowest BCUT2D eigenvalue weighted by Gasteiger charge is -2.16. The lowest BCUT2D eigenvalue weighted by atomic mass is 10.1. The van der Waals surface area contributed by atoms with Gasteiger partial charge in [-0.05, 0) is 30.7 Å². The zero-order valence-electron chi connectivity index (χ0n) is 14.0. The van der Waals surface area contributed by atoms with Gasteiger partial charge in [0.1, 0.15) is 11.5 Å². The monoisotopic (exact) mass is 347 g/mol. The van der Waals surface area contributed by atoms with Crippen LogP contribution in [0.1, 0.15) is 28.7 Å². The molecule has 7 nitrogen and oxygen atoms in total. The maximum atomic E-state index is 12.5. The van der Waals surface area contributed by atoms with Crippen LogP contribution in [0.5, 0.6) is 0 Å². The number of nitrogens with zero attached hydrogens (tertiary/aromatic N) is 4. The molecule has 0 spiro atoms. The van der Waals surface area contributed by atoms with Crippen molar-refractivity contribution < 1.29 is 4.79 Å². The second-order valence-corrected chi connectivity index (χ2v) is 6.21. The van der Waals surface area contributed by atoms with Gasteiger partial charge in [0.25, 0.3) is 11.5 Å². The minimum atomic E-state index is -0.205. The molecule has 1 saturated heterocycles. The molecule has 0 bridgehead atoms. The van der Waals surface area contributed by atoms with Gasteiger partial charge in [0, 0.05) is 49.2 Å². The molecule has 0 aliphatic carbocycles. The van der Waals surface area contributed by atoms with Crippen LogP contribution < -0.4 is 5.56 Å². The van der Waals surface area contributed by atoms with Crippen LogP contribution >= 0.6 is 0 Å². The van der Waals surface area contributed by atoms with E-state index in [2.05, 4.69) is 19.9 Å². The highest BCUT2D eigenvalue weighted by Gasteiger charge is 2.30. The van der Waals surface area contributed by atoms with Gasteiger partial charge in [0.2, 0.25) is 0 Å². The summed E-state index contributed by atoms with van der Waals surface area (Å²) in [6.07, 6.45) is 5.71. The van der Waals surface area contributed by atoms with Crippen LogP contribution in [0, 0.1) is 0 Å². The van der Waals surface area contributed by atoms with E-state index in [0.717, 1.165) is 12.0 Å². The summed E-state index contributed by atoms with van der Waals surface area (Å²) in [4.78, 5) is 42.0. The van der Waals surface area contributed by atoms with E-state index in [9.17, 15) is 9.59 Å². The Morgan fingerprint density at radius 1 is 1.19 bits per heavy atom. The minimum Gasteiger partial charge on any atom is -0.337 e. The summed E-state index contributed by atoms with van der Waals surface area (Å²) < 4.78 is 0. The van der Waals surface area contributed by atoms with E-state index < -0.39 is 0 Å². The molecule has 4 heterocycles. The average Bonchev–Trinajstić information content (AvgIpc) is 3.18. The normalized spacial score (nSPS) is 16.6.